The van der Waals surface area contributed by atoms with Crippen LogP contribution in [0.25, 0.3) is 0 Å². The standard InChI is InChI=1S/C15H18F2N2S/c1-3-4-18-15(8-14-9-20-10(2)19-14)11-5-12(16)7-13(17)6-11/h5-7,9,15,18H,3-4,8H2,1-2H3. The number of benzene rings is 1. The third-order valence-electron chi connectivity index (χ3n) is 3.01. The first-order valence-corrected chi connectivity index (χ1v) is 7.57. The maximum Gasteiger partial charge on any atom is 0.126 e. The lowest BCUT2D eigenvalue weighted by molar-refractivity contribution is 0.511. The molecule has 0 bridgehead atoms. The molecule has 0 fully saturated rings. The maximum atomic E-state index is 13.4. The van der Waals surface area contributed by atoms with Crippen molar-refractivity contribution >= 4 is 11.3 Å². The van der Waals surface area contributed by atoms with Crippen LogP contribution in [0.2, 0.25) is 0 Å². The highest BCUT2D eigenvalue weighted by Crippen LogP contribution is 2.21. The second-order valence-electron chi connectivity index (χ2n) is 4.77. The summed E-state index contributed by atoms with van der Waals surface area (Å²) in [6, 6.07) is 3.54. The van der Waals surface area contributed by atoms with Gasteiger partial charge < -0.3 is 5.32 Å². The van der Waals surface area contributed by atoms with Gasteiger partial charge in [0, 0.05) is 23.9 Å². The van der Waals surface area contributed by atoms with Gasteiger partial charge in [-0.05, 0) is 37.6 Å². The van der Waals surface area contributed by atoms with Crippen molar-refractivity contribution in [2.75, 3.05) is 6.54 Å². The second kappa shape index (κ2) is 6.90. The fourth-order valence-corrected chi connectivity index (χ4v) is 2.74. The molecule has 0 aliphatic carbocycles. The maximum absolute atomic E-state index is 13.4. The van der Waals surface area contributed by atoms with E-state index >= 15 is 0 Å². The van der Waals surface area contributed by atoms with Crippen LogP contribution in [0.3, 0.4) is 0 Å². The molecule has 1 aromatic heterocycles. The predicted octanol–water partition coefficient (Wildman–Crippen LogP) is 4.01. The Morgan fingerprint density at radius 1 is 1.25 bits per heavy atom. The largest absolute Gasteiger partial charge is 0.310 e. The predicted molar refractivity (Wildman–Crippen MR) is 77.9 cm³/mol. The van der Waals surface area contributed by atoms with Gasteiger partial charge in [0.05, 0.1) is 10.7 Å². The Morgan fingerprint density at radius 2 is 1.95 bits per heavy atom. The van der Waals surface area contributed by atoms with Crippen molar-refractivity contribution in [1.82, 2.24) is 10.3 Å². The number of aryl methyl sites for hydroxylation is 1. The van der Waals surface area contributed by atoms with Gasteiger partial charge in [-0.2, -0.15) is 0 Å². The Labute approximate surface area is 121 Å². The van der Waals surface area contributed by atoms with Gasteiger partial charge in [0.25, 0.3) is 0 Å². The number of aromatic nitrogens is 1. The van der Waals surface area contributed by atoms with Crippen LogP contribution in [-0.4, -0.2) is 11.5 Å². The first-order chi connectivity index (χ1) is 9.58. The summed E-state index contributed by atoms with van der Waals surface area (Å²) >= 11 is 1.58. The molecule has 2 nitrogen and oxygen atoms in total. The van der Waals surface area contributed by atoms with Gasteiger partial charge in [-0.15, -0.1) is 11.3 Å². The Bertz CT molecular complexity index is 549. The van der Waals surface area contributed by atoms with Crippen molar-refractivity contribution in [2.45, 2.75) is 32.7 Å². The van der Waals surface area contributed by atoms with Crippen molar-refractivity contribution in [3.05, 3.63) is 51.5 Å². The van der Waals surface area contributed by atoms with Crippen molar-refractivity contribution in [1.29, 1.82) is 0 Å². The third kappa shape index (κ3) is 4.08. The molecular weight excluding hydrogens is 278 g/mol. The highest BCUT2D eigenvalue weighted by molar-refractivity contribution is 7.09. The monoisotopic (exact) mass is 296 g/mol. The number of nitrogens with one attached hydrogen (secondary N) is 1. The zero-order valence-electron chi connectivity index (χ0n) is 11.6. The van der Waals surface area contributed by atoms with E-state index in [4.69, 9.17) is 0 Å². The summed E-state index contributed by atoms with van der Waals surface area (Å²) in [6.07, 6.45) is 1.59. The average Bonchev–Trinajstić information content (AvgIpc) is 2.79. The van der Waals surface area contributed by atoms with Gasteiger partial charge in [0.15, 0.2) is 0 Å². The summed E-state index contributed by atoms with van der Waals surface area (Å²) in [5, 5.41) is 6.32. The molecule has 20 heavy (non-hydrogen) atoms. The van der Waals surface area contributed by atoms with Crippen LogP contribution < -0.4 is 5.32 Å². The second-order valence-corrected chi connectivity index (χ2v) is 5.83. The first kappa shape index (κ1) is 15.1. The molecule has 108 valence electrons. The van der Waals surface area contributed by atoms with Crippen LogP contribution in [0.15, 0.2) is 23.6 Å². The Balaban J connectivity index is 2.21. The number of halogens is 2. The number of nitrogens with zero attached hydrogens (tertiary/aromatic N) is 1. The van der Waals surface area contributed by atoms with Gasteiger partial charge >= 0.3 is 0 Å². The molecule has 1 aromatic carbocycles. The summed E-state index contributed by atoms with van der Waals surface area (Å²) in [5.74, 6) is -1.09. The van der Waals surface area contributed by atoms with Crippen LogP contribution in [0.1, 0.15) is 35.7 Å². The molecule has 0 radical (unpaired) electrons. The molecule has 0 aliphatic heterocycles. The zero-order chi connectivity index (χ0) is 14.5. The van der Waals surface area contributed by atoms with E-state index in [9.17, 15) is 8.78 Å². The Morgan fingerprint density at radius 3 is 2.50 bits per heavy atom. The van der Waals surface area contributed by atoms with Crippen LogP contribution in [0.4, 0.5) is 8.78 Å². The van der Waals surface area contributed by atoms with Gasteiger partial charge in [-0.25, -0.2) is 13.8 Å². The highest BCUT2D eigenvalue weighted by Gasteiger charge is 2.15. The summed E-state index contributed by atoms with van der Waals surface area (Å²) < 4.78 is 26.7. The first-order valence-electron chi connectivity index (χ1n) is 6.69. The topological polar surface area (TPSA) is 24.9 Å². The summed E-state index contributed by atoms with van der Waals surface area (Å²) in [4.78, 5) is 4.42. The van der Waals surface area contributed by atoms with E-state index in [0.717, 1.165) is 29.7 Å². The Hall–Kier alpha value is -1.33. The normalized spacial score (nSPS) is 12.6. The quantitative estimate of drug-likeness (QED) is 0.871. The van der Waals surface area contributed by atoms with Crippen molar-refractivity contribution < 1.29 is 8.78 Å². The molecule has 0 saturated heterocycles. The summed E-state index contributed by atoms with van der Waals surface area (Å²) in [7, 11) is 0. The van der Waals surface area contributed by atoms with Crippen molar-refractivity contribution in [2.24, 2.45) is 0 Å². The van der Waals surface area contributed by atoms with Crippen LogP contribution in [0.5, 0.6) is 0 Å². The molecule has 1 N–H and O–H groups in total. The molecule has 1 unspecified atom stereocenters. The van der Waals surface area contributed by atoms with Crippen LogP contribution in [-0.2, 0) is 6.42 Å². The molecule has 2 rings (SSSR count). The van der Waals surface area contributed by atoms with E-state index in [1.807, 2.05) is 12.3 Å². The number of rotatable bonds is 6. The van der Waals surface area contributed by atoms with E-state index in [1.165, 1.54) is 12.1 Å². The molecule has 0 saturated carbocycles. The number of hydrogen-bond acceptors (Lipinski definition) is 3. The van der Waals surface area contributed by atoms with Crippen molar-refractivity contribution in [3.63, 3.8) is 0 Å². The molecule has 0 amide bonds. The SMILES string of the molecule is CCCNC(Cc1csc(C)n1)c1cc(F)cc(F)c1. The van der Waals surface area contributed by atoms with E-state index in [0.29, 0.717) is 12.0 Å². The molecule has 5 heteroatoms. The van der Waals surface area contributed by atoms with Crippen molar-refractivity contribution in [3.8, 4) is 0 Å². The lowest BCUT2D eigenvalue weighted by Gasteiger charge is -2.18. The summed E-state index contributed by atoms with van der Waals surface area (Å²) in [5.41, 5.74) is 1.58. The highest BCUT2D eigenvalue weighted by atomic mass is 32.1. The molecule has 0 aliphatic rings. The fraction of sp³-hybridized carbons (Fsp3) is 0.400. The summed E-state index contributed by atoms with van der Waals surface area (Å²) in [6.45, 7) is 4.81. The van der Waals surface area contributed by atoms with Gasteiger partial charge in [-0.1, -0.05) is 6.92 Å². The fourth-order valence-electron chi connectivity index (χ4n) is 2.11. The molecule has 0 spiro atoms. The molecule has 1 atom stereocenters. The Kier molecular flexibility index (Phi) is 5.20. The molecule has 2 aromatic rings. The minimum atomic E-state index is -0.544. The van der Waals surface area contributed by atoms with E-state index < -0.39 is 11.6 Å². The van der Waals surface area contributed by atoms with Gasteiger partial charge in [0.2, 0.25) is 0 Å². The molecular formula is C15H18F2N2S. The lowest BCUT2D eigenvalue weighted by Crippen LogP contribution is -2.24. The van der Waals surface area contributed by atoms with Crippen LogP contribution >= 0.6 is 11.3 Å². The minimum absolute atomic E-state index is 0.123. The third-order valence-corrected chi connectivity index (χ3v) is 3.83. The number of thiazole rings is 1. The van der Waals surface area contributed by atoms with E-state index in [1.54, 1.807) is 11.3 Å². The average molecular weight is 296 g/mol. The van der Waals surface area contributed by atoms with E-state index in [2.05, 4.69) is 17.2 Å². The minimum Gasteiger partial charge on any atom is -0.310 e. The van der Waals surface area contributed by atoms with Gasteiger partial charge in [0.1, 0.15) is 11.6 Å². The smallest absolute Gasteiger partial charge is 0.126 e. The molecule has 1 heterocycles. The van der Waals surface area contributed by atoms with E-state index in [-0.39, 0.29) is 6.04 Å². The lowest BCUT2D eigenvalue weighted by atomic mass is 10.0. The zero-order valence-corrected chi connectivity index (χ0v) is 12.4. The number of hydrogen-bond donors (Lipinski definition) is 1. The van der Waals surface area contributed by atoms with Crippen LogP contribution in [0, 0.1) is 18.6 Å². The van der Waals surface area contributed by atoms with Gasteiger partial charge in [-0.3, -0.25) is 0 Å².